The number of hydrogen-bond acceptors (Lipinski definition) is 5. The molecule has 0 radical (unpaired) electrons. The quantitative estimate of drug-likeness (QED) is 0.410. The van der Waals surface area contributed by atoms with Gasteiger partial charge in [-0.2, -0.15) is 0 Å². The smallest absolute Gasteiger partial charge is 0.340 e. The van der Waals surface area contributed by atoms with Crippen molar-refractivity contribution >= 4 is 61.8 Å². The minimum Gasteiger partial charge on any atom is -0.462 e. The Hall–Kier alpha value is -2.71. The average molecular weight is 479 g/mol. The highest BCUT2D eigenvalue weighted by Gasteiger charge is 2.28. The van der Waals surface area contributed by atoms with Crippen LogP contribution in [0, 0.1) is 6.92 Å². The number of ketones is 1. The number of nitrogens with zero attached hydrogens (tertiary/aromatic N) is 1. The van der Waals surface area contributed by atoms with Gasteiger partial charge in [0.2, 0.25) is 11.7 Å². The van der Waals surface area contributed by atoms with Gasteiger partial charge in [0, 0.05) is 18.0 Å². The molecule has 3 aromatic rings. The number of pyridine rings is 1. The molecule has 150 valence electrons. The Morgan fingerprint density at radius 3 is 2.66 bits per heavy atom. The summed E-state index contributed by atoms with van der Waals surface area (Å²) in [5.74, 6) is -1.47. The third kappa shape index (κ3) is 4.04. The van der Waals surface area contributed by atoms with Crippen molar-refractivity contribution in [3.8, 4) is 0 Å². The van der Waals surface area contributed by atoms with Crippen LogP contribution in [0.4, 0.5) is 5.69 Å². The second kappa shape index (κ2) is 8.34. The molecule has 0 spiro atoms. The fraction of sp³-hybridized carbons (Fsp3) is 0.200. The summed E-state index contributed by atoms with van der Waals surface area (Å²) in [6, 6.07) is 6.63. The number of aryl methyl sites for hydroxylation is 1. The van der Waals surface area contributed by atoms with E-state index < -0.39 is 17.7 Å². The Kier molecular flexibility index (Phi) is 6.04. The summed E-state index contributed by atoms with van der Waals surface area (Å²) in [6.07, 6.45) is 0. The molecule has 0 unspecified atom stereocenters. The summed E-state index contributed by atoms with van der Waals surface area (Å²) in [5.41, 5.74) is 1.65. The van der Waals surface area contributed by atoms with E-state index in [4.69, 9.17) is 16.3 Å². The van der Waals surface area contributed by atoms with E-state index in [9.17, 15) is 14.4 Å². The number of carbonyl (C=O) groups excluding carboxylic acids is 3. The van der Waals surface area contributed by atoms with Gasteiger partial charge in [-0.15, -0.1) is 0 Å². The molecular formula is C20H17BrClN3O4. The first-order valence-corrected chi connectivity index (χ1v) is 9.88. The zero-order chi connectivity index (χ0) is 21.3. The van der Waals surface area contributed by atoms with Crippen LogP contribution in [0.25, 0.3) is 10.9 Å². The first-order chi connectivity index (χ1) is 13.7. The minimum atomic E-state index is -0.634. The first kappa shape index (κ1) is 21.0. The molecule has 0 aliphatic rings. The zero-order valence-corrected chi connectivity index (χ0v) is 18.2. The predicted molar refractivity (Wildman–Crippen MR) is 114 cm³/mol. The number of ether oxygens (including phenoxy) is 1. The molecule has 0 aliphatic carbocycles. The van der Waals surface area contributed by atoms with E-state index in [0.717, 1.165) is 0 Å². The van der Waals surface area contributed by atoms with Gasteiger partial charge in [0.1, 0.15) is 11.4 Å². The molecule has 1 aromatic carbocycles. The molecular weight excluding hydrogens is 462 g/mol. The fourth-order valence-electron chi connectivity index (χ4n) is 2.97. The van der Waals surface area contributed by atoms with Crippen LogP contribution in [0.1, 0.15) is 46.1 Å². The van der Waals surface area contributed by atoms with Gasteiger partial charge in [-0.05, 0) is 48.0 Å². The van der Waals surface area contributed by atoms with Gasteiger partial charge in [-0.3, -0.25) is 9.59 Å². The molecule has 0 fully saturated rings. The van der Waals surface area contributed by atoms with Crippen molar-refractivity contribution in [2.45, 2.75) is 20.8 Å². The van der Waals surface area contributed by atoms with E-state index in [1.807, 2.05) is 0 Å². The molecule has 0 atom stereocenters. The number of benzene rings is 1. The molecule has 9 heteroatoms. The third-order valence-corrected chi connectivity index (χ3v) is 5.46. The van der Waals surface area contributed by atoms with Gasteiger partial charge >= 0.3 is 5.97 Å². The maximum Gasteiger partial charge on any atom is 0.340 e. The van der Waals surface area contributed by atoms with E-state index in [1.165, 1.54) is 6.92 Å². The van der Waals surface area contributed by atoms with Gasteiger partial charge in [0.05, 0.1) is 32.9 Å². The number of H-pyrrole nitrogens is 1. The first-order valence-electron chi connectivity index (χ1n) is 8.71. The molecule has 2 heterocycles. The molecule has 0 aliphatic heterocycles. The van der Waals surface area contributed by atoms with Gasteiger partial charge in [-0.25, -0.2) is 9.78 Å². The van der Waals surface area contributed by atoms with Crippen molar-refractivity contribution in [2.75, 3.05) is 11.9 Å². The van der Waals surface area contributed by atoms with Crippen LogP contribution in [0.5, 0.6) is 0 Å². The summed E-state index contributed by atoms with van der Waals surface area (Å²) in [6.45, 7) is 4.91. The standard InChI is InChI=1S/C20H17BrClN3O4/c1-4-29-20(28)15-14-13(8-11(22)16(15)21)25-18(17(14)24-10(3)26)19(27)12-7-5-6-9(2)23-12/h5-8,25H,4H2,1-3H3,(H,24,26). The van der Waals surface area contributed by atoms with Gasteiger partial charge in [-0.1, -0.05) is 17.7 Å². The van der Waals surface area contributed by atoms with E-state index in [2.05, 4.69) is 31.2 Å². The summed E-state index contributed by atoms with van der Waals surface area (Å²) in [4.78, 5) is 44.9. The highest BCUT2D eigenvalue weighted by molar-refractivity contribution is 9.10. The second-order valence-corrected chi connectivity index (χ2v) is 7.44. The summed E-state index contributed by atoms with van der Waals surface area (Å²) < 4.78 is 5.46. The van der Waals surface area contributed by atoms with E-state index >= 15 is 0 Å². The van der Waals surface area contributed by atoms with Gasteiger partial charge in [0.25, 0.3) is 0 Å². The van der Waals surface area contributed by atoms with Crippen LogP contribution >= 0.6 is 27.5 Å². The maximum atomic E-state index is 13.1. The Morgan fingerprint density at radius 1 is 1.31 bits per heavy atom. The van der Waals surface area contributed by atoms with Crippen LogP contribution < -0.4 is 5.32 Å². The summed E-state index contributed by atoms with van der Waals surface area (Å²) >= 11 is 9.58. The Balaban J connectivity index is 2.34. The molecule has 1 amide bonds. The molecule has 0 bridgehead atoms. The number of hydrogen-bond donors (Lipinski definition) is 2. The van der Waals surface area contributed by atoms with Crippen molar-refractivity contribution < 1.29 is 19.1 Å². The number of anilines is 1. The Morgan fingerprint density at radius 2 is 2.03 bits per heavy atom. The van der Waals surface area contributed by atoms with E-state index in [0.29, 0.717) is 21.1 Å². The lowest BCUT2D eigenvalue weighted by atomic mass is 10.1. The maximum absolute atomic E-state index is 13.1. The third-order valence-electron chi connectivity index (χ3n) is 4.11. The van der Waals surface area contributed by atoms with Crippen LogP contribution in [-0.2, 0) is 9.53 Å². The van der Waals surface area contributed by atoms with Crippen molar-refractivity contribution in [3.63, 3.8) is 0 Å². The average Bonchev–Trinajstić information content (AvgIpc) is 2.99. The number of nitrogens with one attached hydrogen (secondary N) is 2. The number of aromatic amines is 1. The minimum absolute atomic E-state index is 0.0908. The SMILES string of the molecule is CCOC(=O)c1c(Br)c(Cl)cc2[nH]c(C(=O)c3cccc(C)n3)c(NC(C)=O)c12. The molecule has 2 aromatic heterocycles. The van der Waals surface area contributed by atoms with E-state index in [-0.39, 0.29) is 34.3 Å². The van der Waals surface area contributed by atoms with Crippen LogP contribution in [0.2, 0.25) is 5.02 Å². The monoisotopic (exact) mass is 477 g/mol. The van der Waals surface area contributed by atoms with Crippen LogP contribution in [0.15, 0.2) is 28.7 Å². The van der Waals surface area contributed by atoms with Gasteiger partial charge < -0.3 is 15.0 Å². The number of halogens is 2. The van der Waals surface area contributed by atoms with Crippen molar-refractivity contribution in [1.82, 2.24) is 9.97 Å². The topological polar surface area (TPSA) is 101 Å². The van der Waals surface area contributed by atoms with Crippen LogP contribution in [-0.4, -0.2) is 34.2 Å². The van der Waals surface area contributed by atoms with E-state index in [1.54, 1.807) is 38.1 Å². The number of aromatic nitrogens is 2. The number of carbonyl (C=O) groups is 3. The van der Waals surface area contributed by atoms with Crippen molar-refractivity contribution in [1.29, 1.82) is 0 Å². The Bertz CT molecular complexity index is 1160. The molecule has 0 saturated heterocycles. The van der Waals surface area contributed by atoms with Crippen molar-refractivity contribution in [2.24, 2.45) is 0 Å². The van der Waals surface area contributed by atoms with Gasteiger partial charge in [0.15, 0.2) is 0 Å². The molecule has 7 nitrogen and oxygen atoms in total. The normalized spacial score (nSPS) is 10.8. The summed E-state index contributed by atoms with van der Waals surface area (Å²) in [5, 5.41) is 3.23. The highest BCUT2D eigenvalue weighted by atomic mass is 79.9. The Labute approximate surface area is 179 Å². The predicted octanol–water partition coefficient (Wildman–Crippen LogP) is 4.65. The molecule has 29 heavy (non-hydrogen) atoms. The lowest BCUT2D eigenvalue weighted by Gasteiger charge is -2.10. The lowest BCUT2D eigenvalue weighted by Crippen LogP contribution is -2.13. The number of rotatable bonds is 5. The number of esters is 1. The fourth-order valence-corrected chi connectivity index (χ4v) is 3.65. The van der Waals surface area contributed by atoms with Crippen LogP contribution in [0.3, 0.4) is 0 Å². The van der Waals surface area contributed by atoms with Crippen molar-refractivity contribution in [3.05, 3.63) is 56.4 Å². The zero-order valence-electron chi connectivity index (χ0n) is 15.9. The highest BCUT2D eigenvalue weighted by Crippen LogP contribution is 2.40. The molecule has 3 rings (SSSR count). The second-order valence-electron chi connectivity index (χ2n) is 6.24. The largest absolute Gasteiger partial charge is 0.462 e. The lowest BCUT2D eigenvalue weighted by molar-refractivity contribution is -0.114. The number of amides is 1. The number of fused-ring (bicyclic) bond motifs is 1. The molecule has 2 N–H and O–H groups in total. The molecule has 0 saturated carbocycles. The summed E-state index contributed by atoms with van der Waals surface area (Å²) in [7, 11) is 0.